The number of hydrogen-bond donors (Lipinski definition) is 2. The van der Waals surface area contributed by atoms with E-state index in [4.69, 9.17) is 5.73 Å². The maximum absolute atomic E-state index is 5.90. The average Bonchev–Trinajstić information content (AvgIpc) is 2.38. The monoisotopic (exact) mass is 233 g/mol. The summed E-state index contributed by atoms with van der Waals surface area (Å²) in [5.74, 6) is 0. The zero-order valence-corrected chi connectivity index (χ0v) is 10.7. The largest absolute Gasteiger partial charge is 0.329 e. The van der Waals surface area contributed by atoms with E-state index in [0.717, 1.165) is 0 Å². The molecule has 94 valence electrons. The molecule has 0 radical (unpaired) electrons. The van der Waals surface area contributed by atoms with Crippen molar-refractivity contribution in [3.8, 4) is 0 Å². The van der Waals surface area contributed by atoms with Gasteiger partial charge in [0, 0.05) is 31.0 Å². The van der Waals surface area contributed by atoms with Gasteiger partial charge in [0.05, 0.1) is 0 Å². The van der Waals surface area contributed by atoms with Crippen LogP contribution in [0.2, 0.25) is 0 Å². The molecule has 3 nitrogen and oxygen atoms in total. The predicted octanol–water partition coefficient (Wildman–Crippen LogP) is 2.31. The van der Waals surface area contributed by atoms with Gasteiger partial charge in [-0.1, -0.05) is 19.3 Å². The second-order valence-electron chi connectivity index (χ2n) is 5.02. The molecule has 1 heterocycles. The van der Waals surface area contributed by atoms with Crippen molar-refractivity contribution in [3.63, 3.8) is 0 Å². The number of pyridine rings is 1. The minimum absolute atomic E-state index is 0.256. The van der Waals surface area contributed by atoms with Crippen molar-refractivity contribution in [2.75, 3.05) is 6.54 Å². The van der Waals surface area contributed by atoms with Crippen LogP contribution in [0.3, 0.4) is 0 Å². The molecule has 0 amide bonds. The van der Waals surface area contributed by atoms with Crippen molar-refractivity contribution in [2.45, 2.75) is 51.1 Å². The summed E-state index contributed by atoms with van der Waals surface area (Å²) in [5.41, 5.74) is 8.43. The maximum atomic E-state index is 5.90. The standard InChI is InChI=1S/C14H23N3/c1-11-7-8-16-10-13(11)14(9-15)17-12-5-3-2-4-6-12/h7-8,10,12,14,17H,2-6,9,15H2,1H3. The van der Waals surface area contributed by atoms with E-state index < -0.39 is 0 Å². The molecule has 1 atom stereocenters. The highest BCUT2D eigenvalue weighted by molar-refractivity contribution is 5.25. The molecule has 17 heavy (non-hydrogen) atoms. The zero-order chi connectivity index (χ0) is 12.1. The molecule has 1 unspecified atom stereocenters. The van der Waals surface area contributed by atoms with E-state index in [0.29, 0.717) is 12.6 Å². The molecule has 1 aromatic rings. The quantitative estimate of drug-likeness (QED) is 0.839. The van der Waals surface area contributed by atoms with Crippen LogP contribution in [0.5, 0.6) is 0 Å². The molecule has 0 aliphatic heterocycles. The molecular formula is C14H23N3. The molecule has 0 saturated heterocycles. The molecule has 3 heteroatoms. The normalized spacial score (nSPS) is 19.2. The molecule has 1 aromatic heterocycles. The topological polar surface area (TPSA) is 50.9 Å². The minimum atomic E-state index is 0.256. The van der Waals surface area contributed by atoms with Crippen LogP contribution in [0.4, 0.5) is 0 Å². The Morgan fingerprint density at radius 3 is 2.82 bits per heavy atom. The third-order valence-electron chi connectivity index (χ3n) is 3.73. The summed E-state index contributed by atoms with van der Waals surface area (Å²) >= 11 is 0. The summed E-state index contributed by atoms with van der Waals surface area (Å²) in [4.78, 5) is 4.21. The number of nitrogens with zero attached hydrogens (tertiary/aromatic N) is 1. The Hall–Kier alpha value is -0.930. The van der Waals surface area contributed by atoms with Crippen LogP contribution in [0.15, 0.2) is 18.5 Å². The van der Waals surface area contributed by atoms with E-state index in [1.807, 2.05) is 12.4 Å². The summed E-state index contributed by atoms with van der Waals surface area (Å²) in [6.07, 6.45) is 10.4. The second kappa shape index (κ2) is 6.12. The minimum Gasteiger partial charge on any atom is -0.329 e. The molecule has 2 rings (SSSR count). The second-order valence-corrected chi connectivity index (χ2v) is 5.02. The number of aryl methyl sites for hydroxylation is 1. The van der Waals surface area contributed by atoms with Crippen molar-refractivity contribution in [1.82, 2.24) is 10.3 Å². The number of hydrogen-bond acceptors (Lipinski definition) is 3. The van der Waals surface area contributed by atoms with E-state index >= 15 is 0 Å². The molecule has 0 bridgehead atoms. The Kier molecular flexibility index (Phi) is 4.51. The fraction of sp³-hybridized carbons (Fsp3) is 0.643. The third kappa shape index (κ3) is 3.27. The van der Waals surface area contributed by atoms with Gasteiger partial charge in [-0.05, 0) is 37.0 Å². The van der Waals surface area contributed by atoms with E-state index in [9.17, 15) is 0 Å². The first kappa shape index (κ1) is 12.5. The molecule has 0 aromatic carbocycles. The first-order chi connectivity index (χ1) is 8.31. The molecular weight excluding hydrogens is 210 g/mol. The number of aromatic nitrogens is 1. The lowest BCUT2D eigenvalue weighted by atomic mass is 9.93. The van der Waals surface area contributed by atoms with E-state index in [1.54, 1.807) is 0 Å². The van der Waals surface area contributed by atoms with Crippen LogP contribution in [-0.2, 0) is 0 Å². The van der Waals surface area contributed by atoms with Crippen molar-refractivity contribution < 1.29 is 0 Å². The fourth-order valence-electron chi connectivity index (χ4n) is 2.68. The number of rotatable bonds is 4. The molecule has 1 saturated carbocycles. The average molecular weight is 233 g/mol. The zero-order valence-electron chi connectivity index (χ0n) is 10.7. The van der Waals surface area contributed by atoms with Crippen molar-refractivity contribution in [1.29, 1.82) is 0 Å². The summed E-state index contributed by atoms with van der Waals surface area (Å²) in [7, 11) is 0. The van der Waals surface area contributed by atoms with Gasteiger partial charge >= 0.3 is 0 Å². The van der Waals surface area contributed by atoms with Crippen LogP contribution < -0.4 is 11.1 Å². The predicted molar refractivity (Wildman–Crippen MR) is 70.8 cm³/mol. The van der Waals surface area contributed by atoms with Crippen LogP contribution in [0.1, 0.15) is 49.3 Å². The molecule has 1 aliphatic rings. The Balaban J connectivity index is 2.03. The van der Waals surface area contributed by atoms with Crippen LogP contribution in [0, 0.1) is 6.92 Å². The number of nitrogens with one attached hydrogen (secondary N) is 1. The SMILES string of the molecule is Cc1ccncc1C(CN)NC1CCCCC1. The van der Waals surface area contributed by atoms with E-state index in [1.165, 1.54) is 43.2 Å². The lowest BCUT2D eigenvalue weighted by Gasteiger charge is -2.28. The van der Waals surface area contributed by atoms with Gasteiger partial charge < -0.3 is 11.1 Å². The lowest BCUT2D eigenvalue weighted by molar-refractivity contribution is 0.340. The van der Waals surface area contributed by atoms with Crippen LogP contribution >= 0.6 is 0 Å². The molecule has 3 N–H and O–H groups in total. The van der Waals surface area contributed by atoms with Crippen LogP contribution in [0.25, 0.3) is 0 Å². The van der Waals surface area contributed by atoms with Crippen molar-refractivity contribution in [2.24, 2.45) is 5.73 Å². The Morgan fingerprint density at radius 1 is 1.41 bits per heavy atom. The first-order valence-electron chi connectivity index (χ1n) is 6.68. The molecule has 0 spiro atoms. The van der Waals surface area contributed by atoms with Crippen LogP contribution in [-0.4, -0.2) is 17.6 Å². The summed E-state index contributed by atoms with van der Waals surface area (Å²) in [6.45, 7) is 2.77. The molecule has 1 fully saturated rings. The Bertz CT molecular complexity index is 345. The summed E-state index contributed by atoms with van der Waals surface area (Å²) in [6, 6.07) is 2.95. The first-order valence-corrected chi connectivity index (χ1v) is 6.68. The van der Waals surface area contributed by atoms with Crippen molar-refractivity contribution in [3.05, 3.63) is 29.6 Å². The Labute approximate surface area is 104 Å². The maximum Gasteiger partial charge on any atom is 0.0464 e. The highest BCUT2D eigenvalue weighted by Crippen LogP contribution is 2.22. The van der Waals surface area contributed by atoms with Crippen molar-refractivity contribution >= 4 is 0 Å². The highest BCUT2D eigenvalue weighted by Gasteiger charge is 2.19. The van der Waals surface area contributed by atoms with E-state index in [2.05, 4.69) is 23.3 Å². The van der Waals surface area contributed by atoms with Gasteiger partial charge in [0.1, 0.15) is 0 Å². The molecule has 1 aliphatic carbocycles. The van der Waals surface area contributed by atoms with Gasteiger partial charge in [-0.2, -0.15) is 0 Å². The lowest BCUT2D eigenvalue weighted by Crippen LogP contribution is -2.38. The smallest absolute Gasteiger partial charge is 0.0464 e. The van der Waals surface area contributed by atoms with Gasteiger partial charge in [0.25, 0.3) is 0 Å². The van der Waals surface area contributed by atoms with Gasteiger partial charge in [-0.15, -0.1) is 0 Å². The summed E-state index contributed by atoms with van der Waals surface area (Å²) < 4.78 is 0. The third-order valence-corrected chi connectivity index (χ3v) is 3.73. The number of nitrogens with two attached hydrogens (primary N) is 1. The highest BCUT2D eigenvalue weighted by atomic mass is 15.0. The summed E-state index contributed by atoms with van der Waals surface area (Å²) in [5, 5.41) is 3.70. The van der Waals surface area contributed by atoms with Gasteiger partial charge in [-0.3, -0.25) is 4.98 Å². The van der Waals surface area contributed by atoms with Gasteiger partial charge in [0.15, 0.2) is 0 Å². The van der Waals surface area contributed by atoms with Gasteiger partial charge in [-0.25, -0.2) is 0 Å². The van der Waals surface area contributed by atoms with Gasteiger partial charge in [0.2, 0.25) is 0 Å². The Morgan fingerprint density at radius 2 is 2.18 bits per heavy atom. The van der Waals surface area contributed by atoms with E-state index in [-0.39, 0.29) is 6.04 Å². The fourth-order valence-corrected chi connectivity index (χ4v) is 2.68.